The van der Waals surface area contributed by atoms with Crippen molar-refractivity contribution in [2.24, 2.45) is 5.92 Å². The zero-order valence-electron chi connectivity index (χ0n) is 14.1. The van der Waals surface area contributed by atoms with Crippen LogP contribution < -0.4 is 15.3 Å². The predicted molar refractivity (Wildman–Crippen MR) is 102 cm³/mol. The molecule has 0 heterocycles. The standard InChI is InChI=1S/C21H22FOP/c1-15-8-6-12-18(22)21(15)24-19-13-7-11-17(20(19)23-2)14-16-9-4-3-5-10-16/h3-9,11-13,16,24H,10,14H2,1-2H3. The SMILES string of the molecule is COc1c(CC2C=CC=CC2)cccc1Pc1c(C)cccc1F. The second kappa shape index (κ2) is 7.77. The van der Waals surface area contributed by atoms with E-state index in [-0.39, 0.29) is 14.4 Å². The maximum atomic E-state index is 14.2. The molecule has 0 aromatic heterocycles. The Balaban J connectivity index is 1.90. The van der Waals surface area contributed by atoms with Crippen LogP contribution in [0.3, 0.4) is 0 Å². The van der Waals surface area contributed by atoms with Gasteiger partial charge < -0.3 is 4.74 Å². The number of hydrogen-bond acceptors (Lipinski definition) is 1. The zero-order valence-corrected chi connectivity index (χ0v) is 15.1. The predicted octanol–water partition coefficient (Wildman–Crippen LogP) is 4.45. The number of ether oxygens (including phenoxy) is 1. The summed E-state index contributed by atoms with van der Waals surface area (Å²) in [5, 5.41) is 1.84. The van der Waals surface area contributed by atoms with Gasteiger partial charge >= 0.3 is 0 Å². The summed E-state index contributed by atoms with van der Waals surface area (Å²) in [4.78, 5) is 0. The number of para-hydroxylation sites is 1. The van der Waals surface area contributed by atoms with Gasteiger partial charge in [0.1, 0.15) is 11.6 Å². The smallest absolute Gasteiger partial charge is 0.131 e. The topological polar surface area (TPSA) is 9.23 Å². The van der Waals surface area contributed by atoms with E-state index in [4.69, 9.17) is 4.74 Å². The third-order valence-electron chi connectivity index (χ3n) is 4.33. The number of hydrogen-bond donors (Lipinski definition) is 0. The van der Waals surface area contributed by atoms with Gasteiger partial charge in [-0.2, -0.15) is 0 Å². The first-order valence-electron chi connectivity index (χ1n) is 8.20. The Morgan fingerprint density at radius 2 is 2.00 bits per heavy atom. The largest absolute Gasteiger partial charge is 0.496 e. The molecule has 0 N–H and O–H groups in total. The molecule has 1 aliphatic carbocycles. The van der Waals surface area contributed by atoms with E-state index in [9.17, 15) is 4.39 Å². The minimum Gasteiger partial charge on any atom is -0.496 e. The summed E-state index contributed by atoms with van der Waals surface area (Å²) >= 11 is 0. The molecule has 0 radical (unpaired) electrons. The summed E-state index contributed by atoms with van der Waals surface area (Å²) in [7, 11) is 1.96. The van der Waals surface area contributed by atoms with Crippen molar-refractivity contribution in [1.29, 1.82) is 0 Å². The van der Waals surface area contributed by atoms with E-state index in [2.05, 4.69) is 36.4 Å². The lowest BCUT2D eigenvalue weighted by Gasteiger charge is -2.18. The lowest BCUT2D eigenvalue weighted by Crippen LogP contribution is -2.14. The summed E-state index contributed by atoms with van der Waals surface area (Å²) in [5.41, 5.74) is 2.18. The molecule has 0 fully saturated rings. The van der Waals surface area contributed by atoms with Gasteiger partial charge in [-0.3, -0.25) is 0 Å². The highest BCUT2D eigenvalue weighted by Crippen LogP contribution is 2.28. The highest BCUT2D eigenvalue weighted by molar-refractivity contribution is 7.55. The van der Waals surface area contributed by atoms with E-state index in [0.717, 1.165) is 34.8 Å². The average Bonchev–Trinajstić information content (AvgIpc) is 2.59. The van der Waals surface area contributed by atoms with Crippen LogP contribution in [0.1, 0.15) is 17.5 Å². The molecule has 2 unspecified atom stereocenters. The molecule has 2 aromatic rings. The van der Waals surface area contributed by atoms with E-state index in [0.29, 0.717) is 5.92 Å². The first-order chi connectivity index (χ1) is 11.7. The van der Waals surface area contributed by atoms with Crippen molar-refractivity contribution in [2.75, 3.05) is 7.11 Å². The van der Waals surface area contributed by atoms with Crippen LogP contribution in [0.25, 0.3) is 0 Å². The number of rotatable bonds is 5. The number of halogens is 1. The quantitative estimate of drug-likeness (QED) is 0.731. The molecule has 2 aromatic carbocycles. The molecule has 2 atom stereocenters. The molecular weight excluding hydrogens is 318 g/mol. The van der Waals surface area contributed by atoms with E-state index in [1.54, 1.807) is 13.2 Å². The molecule has 0 bridgehead atoms. The van der Waals surface area contributed by atoms with Crippen molar-refractivity contribution in [3.63, 3.8) is 0 Å². The van der Waals surface area contributed by atoms with Crippen molar-refractivity contribution >= 4 is 19.2 Å². The van der Waals surface area contributed by atoms with Gasteiger partial charge in [0.15, 0.2) is 0 Å². The highest BCUT2D eigenvalue weighted by Gasteiger charge is 2.15. The van der Waals surface area contributed by atoms with Gasteiger partial charge in [0.05, 0.1) is 7.11 Å². The molecule has 124 valence electrons. The maximum Gasteiger partial charge on any atom is 0.131 e. The summed E-state index contributed by atoms with van der Waals surface area (Å²) in [6, 6.07) is 11.5. The molecule has 1 nitrogen and oxygen atoms in total. The highest BCUT2D eigenvalue weighted by atomic mass is 31.1. The van der Waals surface area contributed by atoms with E-state index >= 15 is 0 Å². The molecule has 0 spiro atoms. The summed E-state index contributed by atoms with van der Waals surface area (Å²) in [6.45, 7) is 1.96. The van der Waals surface area contributed by atoms with Crippen LogP contribution in [-0.2, 0) is 6.42 Å². The Hall–Kier alpha value is -1.92. The Labute approximate surface area is 145 Å². The Kier molecular flexibility index (Phi) is 5.48. The van der Waals surface area contributed by atoms with Crippen LogP contribution in [0, 0.1) is 18.7 Å². The molecule has 3 rings (SSSR count). The second-order valence-electron chi connectivity index (χ2n) is 6.07. The molecular formula is C21H22FOP. The fourth-order valence-electron chi connectivity index (χ4n) is 3.08. The van der Waals surface area contributed by atoms with E-state index in [1.165, 1.54) is 11.6 Å². The average molecular weight is 340 g/mol. The van der Waals surface area contributed by atoms with Crippen LogP contribution >= 0.6 is 8.58 Å². The van der Waals surface area contributed by atoms with E-state index in [1.807, 2.05) is 19.1 Å². The van der Waals surface area contributed by atoms with Crippen LogP contribution in [0.15, 0.2) is 60.7 Å². The monoisotopic (exact) mass is 340 g/mol. The Morgan fingerprint density at radius 1 is 1.17 bits per heavy atom. The van der Waals surface area contributed by atoms with Crippen molar-refractivity contribution in [3.8, 4) is 5.75 Å². The number of allylic oxidation sites excluding steroid dienone is 4. The van der Waals surface area contributed by atoms with Crippen molar-refractivity contribution in [2.45, 2.75) is 19.8 Å². The number of methoxy groups -OCH3 is 1. The van der Waals surface area contributed by atoms with Gasteiger partial charge in [0.2, 0.25) is 0 Å². The van der Waals surface area contributed by atoms with E-state index < -0.39 is 0 Å². The van der Waals surface area contributed by atoms with Crippen molar-refractivity contribution in [3.05, 3.63) is 77.6 Å². The number of benzene rings is 2. The lowest BCUT2D eigenvalue weighted by atomic mass is 9.93. The summed E-state index contributed by atoms with van der Waals surface area (Å²) in [5.74, 6) is 1.26. The normalized spacial score (nSPS) is 16.9. The van der Waals surface area contributed by atoms with Gasteiger partial charge in [-0.15, -0.1) is 0 Å². The first kappa shape index (κ1) is 16.9. The van der Waals surface area contributed by atoms with Crippen molar-refractivity contribution < 1.29 is 9.13 Å². The summed E-state index contributed by atoms with van der Waals surface area (Å²) in [6.07, 6.45) is 10.6. The Morgan fingerprint density at radius 3 is 2.71 bits per heavy atom. The maximum absolute atomic E-state index is 14.2. The van der Waals surface area contributed by atoms with Crippen LogP contribution in [-0.4, -0.2) is 7.11 Å². The van der Waals surface area contributed by atoms with Gasteiger partial charge in [0, 0.05) is 10.6 Å². The Bertz CT molecular complexity index is 759. The van der Waals surface area contributed by atoms with Crippen LogP contribution in [0.4, 0.5) is 4.39 Å². The fraction of sp³-hybridized carbons (Fsp3) is 0.238. The molecule has 0 saturated heterocycles. The molecule has 0 saturated carbocycles. The van der Waals surface area contributed by atoms with Gasteiger partial charge in [0.25, 0.3) is 0 Å². The minimum absolute atomic E-state index is 0.138. The van der Waals surface area contributed by atoms with Gasteiger partial charge in [-0.1, -0.05) is 63.2 Å². The van der Waals surface area contributed by atoms with Crippen LogP contribution in [0.5, 0.6) is 5.75 Å². The first-order valence-corrected chi connectivity index (χ1v) is 9.20. The third-order valence-corrected chi connectivity index (χ3v) is 5.88. The molecule has 0 aliphatic heterocycles. The zero-order chi connectivity index (χ0) is 16.9. The molecule has 24 heavy (non-hydrogen) atoms. The molecule has 1 aliphatic rings. The fourth-order valence-corrected chi connectivity index (χ4v) is 4.38. The van der Waals surface area contributed by atoms with Crippen LogP contribution in [0.2, 0.25) is 0 Å². The minimum atomic E-state index is -0.138. The molecule has 0 amide bonds. The molecule has 3 heteroatoms. The third kappa shape index (κ3) is 3.76. The van der Waals surface area contributed by atoms with Crippen molar-refractivity contribution in [1.82, 2.24) is 0 Å². The summed E-state index contributed by atoms with van der Waals surface area (Å²) < 4.78 is 19.9. The number of aryl methyl sites for hydroxylation is 1. The van der Waals surface area contributed by atoms with Gasteiger partial charge in [-0.25, -0.2) is 4.39 Å². The second-order valence-corrected chi connectivity index (χ2v) is 7.36. The lowest BCUT2D eigenvalue weighted by molar-refractivity contribution is 0.410. The van der Waals surface area contributed by atoms with Gasteiger partial charge in [-0.05, 0) is 42.9 Å².